The first kappa shape index (κ1) is 50.3. The van der Waals surface area contributed by atoms with E-state index in [2.05, 4.69) is 325 Å². The fourth-order valence-electron chi connectivity index (χ4n) is 15.6. The third-order valence-corrected chi connectivity index (χ3v) is 21.6. The molecule has 2 aromatic heterocycles. The summed E-state index contributed by atoms with van der Waals surface area (Å²) in [6.45, 7) is 0. The van der Waals surface area contributed by atoms with Crippen molar-refractivity contribution in [2.75, 3.05) is 9.80 Å². The van der Waals surface area contributed by atoms with Gasteiger partial charge in [0.15, 0.2) is 0 Å². The molecule has 0 bridgehead atoms. The van der Waals surface area contributed by atoms with Gasteiger partial charge in [0.05, 0.1) is 26.2 Å². The van der Waals surface area contributed by atoms with Gasteiger partial charge in [-0.2, -0.15) is 0 Å². The van der Waals surface area contributed by atoms with E-state index < -0.39 is 5.41 Å². The lowest BCUT2D eigenvalue weighted by molar-refractivity contribution is 0.809. The fourth-order valence-corrected chi connectivity index (χ4v) is 18.0. The summed E-state index contributed by atoms with van der Waals surface area (Å²) in [6, 6.07) is 118. The maximum absolute atomic E-state index is 2.57. The first-order chi connectivity index (χ1) is 44.2. The van der Waals surface area contributed by atoms with Gasteiger partial charge in [0.2, 0.25) is 0 Å². The Morgan fingerprint density at radius 2 is 0.674 bits per heavy atom. The van der Waals surface area contributed by atoms with E-state index >= 15 is 0 Å². The van der Waals surface area contributed by atoms with E-state index in [1.165, 1.54) is 145 Å². The molecule has 2 aliphatic rings. The Kier molecular flexibility index (Phi) is 11.1. The molecule has 0 unspecified atom stereocenters. The number of para-hydroxylation sites is 2. The Bertz CT molecular complexity index is 5730. The molecule has 0 aliphatic heterocycles. The largest absolute Gasteiger partial charge is 0.309 e. The minimum absolute atomic E-state index is 0.640. The summed E-state index contributed by atoms with van der Waals surface area (Å²) in [4.78, 5) is 4.91. The van der Waals surface area contributed by atoms with Crippen LogP contribution in [0.15, 0.2) is 315 Å². The Morgan fingerprint density at radius 3 is 1.28 bits per heavy atom. The van der Waals surface area contributed by atoms with Crippen molar-refractivity contribution in [3.63, 3.8) is 0 Å². The summed E-state index contributed by atoms with van der Waals surface area (Å²) in [5, 5.41) is 12.7. The normalized spacial score (nSPS) is 12.8. The van der Waals surface area contributed by atoms with E-state index in [0.29, 0.717) is 0 Å². The van der Waals surface area contributed by atoms with E-state index in [4.69, 9.17) is 0 Å². The fraction of sp³-hybridized carbons (Fsp3) is 0.0118. The predicted molar refractivity (Wildman–Crippen MR) is 381 cm³/mol. The van der Waals surface area contributed by atoms with Gasteiger partial charge in [0.1, 0.15) is 0 Å². The highest BCUT2D eigenvalue weighted by atomic mass is 32.1. The molecule has 2 heterocycles. The molecule has 0 N–H and O–H groups in total. The number of hydrogen-bond donors (Lipinski definition) is 0. The predicted octanol–water partition coefficient (Wildman–Crippen LogP) is 24.5. The van der Waals surface area contributed by atoms with E-state index in [9.17, 15) is 0 Å². The molecule has 2 nitrogen and oxygen atoms in total. The molecule has 414 valence electrons. The molecule has 19 rings (SSSR count). The molecule has 0 fully saturated rings. The van der Waals surface area contributed by atoms with Crippen LogP contribution in [0, 0.1) is 0 Å². The summed E-state index contributed by atoms with van der Waals surface area (Å²) in [7, 11) is 0. The first-order valence-electron chi connectivity index (χ1n) is 30.6. The zero-order chi connectivity index (χ0) is 58.3. The summed E-state index contributed by atoms with van der Waals surface area (Å²) in [5.74, 6) is 0. The SMILES string of the molecule is c1ccc(N(c2cccc(-c3ccc4c5c(c6ccccc6c4c3)-c3cc(-c4cccc(N(c6ccccc6)c6cccc7c6sc6ccccc67)c4)c4ccccc4c3C53c4ccccc4-c4ccccc43)c2)c2cccc3c2sc2ccccc23)cc1. The third kappa shape index (κ3) is 7.30. The lowest BCUT2D eigenvalue weighted by atomic mass is 9.68. The van der Waals surface area contributed by atoms with Crippen LogP contribution in [0.4, 0.5) is 34.1 Å². The molecule has 17 aromatic rings. The van der Waals surface area contributed by atoms with Crippen LogP contribution in [0.25, 0.3) is 117 Å². The van der Waals surface area contributed by atoms with Gasteiger partial charge in [0, 0.05) is 53.7 Å². The lowest BCUT2D eigenvalue weighted by Gasteiger charge is -2.33. The lowest BCUT2D eigenvalue weighted by Crippen LogP contribution is -2.26. The molecular formula is C85H52N2S2. The van der Waals surface area contributed by atoms with Gasteiger partial charge in [-0.25, -0.2) is 0 Å². The molecule has 0 atom stereocenters. The van der Waals surface area contributed by atoms with Gasteiger partial charge in [-0.15, -0.1) is 22.7 Å². The second-order valence-electron chi connectivity index (χ2n) is 23.7. The van der Waals surface area contributed by atoms with Crippen molar-refractivity contribution in [3.8, 4) is 44.5 Å². The summed E-state index contributed by atoms with van der Waals surface area (Å²) in [6.07, 6.45) is 0. The first-order valence-corrected chi connectivity index (χ1v) is 32.3. The smallest absolute Gasteiger partial charge is 0.0737 e. The Balaban J connectivity index is 0.842. The second kappa shape index (κ2) is 19.6. The van der Waals surface area contributed by atoms with E-state index in [1.54, 1.807) is 0 Å². The van der Waals surface area contributed by atoms with Crippen molar-refractivity contribution < 1.29 is 0 Å². The van der Waals surface area contributed by atoms with Crippen LogP contribution in [-0.4, -0.2) is 0 Å². The average Bonchev–Trinajstić information content (AvgIpc) is 1.49. The highest BCUT2D eigenvalue weighted by Crippen LogP contribution is 2.67. The number of hydrogen-bond acceptors (Lipinski definition) is 4. The number of thiophene rings is 2. The third-order valence-electron chi connectivity index (χ3n) is 19.2. The van der Waals surface area contributed by atoms with Gasteiger partial charge >= 0.3 is 0 Å². The summed E-state index contributed by atoms with van der Waals surface area (Å²) in [5.41, 5.74) is 21.4. The second-order valence-corrected chi connectivity index (χ2v) is 25.8. The molecule has 0 saturated carbocycles. The number of anilines is 6. The maximum atomic E-state index is 2.57. The molecule has 15 aromatic carbocycles. The van der Waals surface area contributed by atoms with Crippen molar-refractivity contribution in [3.05, 3.63) is 338 Å². The monoisotopic (exact) mass is 1160 g/mol. The van der Waals surface area contributed by atoms with Gasteiger partial charge in [-0.3, -0.25) is 0 Å². The Morgan fingerprint density at radius 1 is 0.236 bits per heavy atom. The van der Waals surface area contributed by atoms with Crippen LogP contribution in [0.5, 0.6) is 0 Å². The van der Waals surface area contributed by atoms with Crippen LogP contribution in [0.3, 0.4) is 0 Å². The van der Waals surface area contributed by atoms with Crippen molar-refractivity contribution in [1.29, 1.82) is 0 Å². The molecule has 1 spiro atoms. The highest BCUT2D eigenvalue weighted by molar-refractivity contribution is 7.26. The van der Waals surface area contributed by atoms with Crippen LogP contribution in [0.1, 0.15) is 22.3 Å². The van der Waals surface area contributed by atoms with E-state index in [-0.39, 0.29) is 0 Å². The maximum Gasteiger partial charge on any atom is 0.0737 e. The molecule has 2 aliphatic carbocycles. The highest BCUT2D eigenvalue weighted by Gasteiger charge is 2.54. The number of benzene rings is 15. The quantitative estimate of drug-likeness (QED) is 0.140. The molecule has 4 heteroatoms. The number of rotatable bonds is 8. The van der Waals surface area contributed by atoms with Crippen LogP contribution in [-0.2, 0) is 5.41 Å². The van der Waals surface area contributed by atoms with Gasteiger partial charge in [-0.1, -0.05) is 231 Å². The molecule has 0 amide bonds. The average molecular weight is 1170 g/mol. The Labute approximate surface area is 523 Å². The van der Waals surface area contributed by atoms with Crippen molar-refractivity contribution in [2.24, 2.45) is 0 Å². The minimum atomic E-state index is -0.640. The summed E-state index contributed by atoms with van der Waals surface area (Å²) < 4.78 is 5.14. The van der Waals surface area contributed by atoms with Gasteiger partial charge < -0.3 is 9.80 Å². The van der Waals surface area contributed by atoms with Crippen LogP contribution in [0.2, 0.25) is 0 Å². The topological polar surface area (TPSA) is 6.48 Å². The minimum Gasteiger partial charge on any atom is -0.309 e. The van der Waals surface area contributed by atoms with Gasteiger partial charge in [0.25, 0.3) is 0 Å². The van der Waals surface area contributed by atoms with E-state index in [1.807, 2.05) is 22.7 Å². The van der Waals surface area contributed by atoms with Crippen molar-refractivity contribution in [1.82, 2.24) is 0 Å². The van der Waals surface area contributed by atoms with Crippen molar-refractivity contribution in [2.45, 2.75) is 5.41 Å². The van der Waals surface area contributed by atoms with Gasteiger partial charge in [-0.05, 0) is 184 Å². The molecule has 0 radical (unpaired) electrons. The van der Waals surface area contributed by atoms with E-state index in [0.717, 1.165) is 28.3 Å². The Hall–Kier alpha value is -10.9. The zero-order valence-corrected chi connectivity index (χ0v) is 49.9. The number of fused-ring (bicyclic) bond motifs is 23. The molecule has 89 heavy (non-hydrogen) atoms. The van der Waals surface area contributed by atoms with Crippen molar-refractivity contribution >= 4 is 129 Å². The number of nitrogens with zero attached hydrogens (tertiary/aromatic N) is 2. The molecular weight excluding hydrogens is 1110 g/mol. The van der Waals surface area contributed by atoms with Crippen LogP contribution < -0.4 is 9.80 Å². The molecule has 0 saturated heterocycles. The van der Waals surface area contributed by atoms with Crippen LogP contribution >= 0.6 is 22.7 Å². The zero-order valence-electron chi connectivity index (χ0n) is 48.2. The standard InChI is InChI=1S/C85H52N2S2/c1-3-25-56(26-4-1)86(76-43-21-39-69-64-35-13-17-45-78(64)88-83(69)76)58-29-19-23-53(49-58)54-47-48-68-72(51-54)60-31-7-9-37-66(60)80-73-52-71(61-32-8-10-38-67(61)81(73)85(82(68)80)74-41-15-11-33-62(74)63-34-12-16-42-75(63)85)55-24-20-30-59(50-55)87(57-27-5-2-6-28-57)77-44-22-40-70-65-36-14-18-46-79(65)89-84(70)77/h1-52H. The summed E-state index contributed by atoms with van der Waals surface area (Å²) >= 11 is 3.74.